The van der Waals surface area contributed by atoms with Crippen LogP contribution in [0, 0.1) is 24.7 Å². The first-order valence-corrected chi connectivity index (χ1v) is 14.8. The van der Waals surface area contributed by atoms with Gasteiger partial charge in [-0.2, -0.15) is 0 Å². The van der Waals surface area contributed by atoms with Crippen LogP contribution >= 0.6 is 11.6 Å². The van der Waals surface area contributed by atoms with E-state index in [0.29, 0.717) is 70.2 Å². The summed E-state index contributed by atoms with van der Waals surface area (Å²) in [5.74, 6) is 0.758. The van der Waals surface area contributed by atoms with Gasteiger partial charge in [0.2, 0.25) is 0 Å². The highest BCUT2D eigenvalue weighted by molar-refractivity contribution is 6.30. The zero-order valence-corrected chi connectivity index (χ0v) is 25.1. The van der Waals surface area contributed by atoms with Crippen molar-refractivity contribution in [3.05, 3.63) is 76.5 Å². The SMILES string of the molecule is COc1ccc2c(c1)c(CC(=O)OC(=O)COCCOCCOCC1CC3C=CC1C3)c(C)n2C(=O)c1ccc(Cl)cc1. The number of carbonyl (C=O) groups is 3. The van der Waals surface area contributed by atoms with Crippen molar-refractivity contribution in [3.63, 3.8) is 0 Å². The van der Waals surface area contributed by atoms with Crippen molar-refractivity contribution in [2.24, 2.45) is 17.8 Å². The third kappa shape index (κ3) is 7.54. The predicted octanol–water partition coefficient (Wildman–Crippen LogP) is 5.17. The molecule has 9 nitrogen and oxygen atoms in total. The lowest BCUT2D eigenvalue weighted by molar-refractivity contribution is -0.162. The number of carbonyl (C=O) groups excluding carboxylic acids is 3. The first kappa shape index (κ1) is 30.9. The van der Waals surface area contributed by atoms with E-state index >= 15 is 0 Å². The lowest BCUT2D eigenvalue weighted by atomic mass is 9.95. The zero-order valence-electron chi connectivity index (χ0n) is 24.4. The van der Waals surface area contributed by atoms with Gasteiger partial charge in [0, 0.05) is 21.7 Å². The molecule has 1 saturated carbocycles. The molecule has 0 amide bonds. The summed E-state index contributed by atoms with van der Waals surface area (Å²) in [6.07, 6.45) is 6.90. The molecular formula is C33H36ClNO8. The molecule has 10 heteroatoms. The molecule has 228 valence electrons. The van der Waals surface area contributed by atoms with Crippen LogP contribution in [0.1, 0.15) is 34.5 Å². The van der Waals surface area contributed by atoms with Crippen molar-refractivity contribution in [3.8, 4) is 5.75 Å². The Morgan fingerprint density at radius 1 is 0.907 bits per heavy atom. The number of ether oxygens (including phenoxy) is 5. The molecule has 2 bridgehead atoms. The van der Waals surface area contributed by atoms with E-state index in [1.807, 2.05) is 0 Å². The van der Waals surface area contributed by atoms with Crippen LogP contribution in [0.25, 0.3) is 10.9 Å². The Kier molecular flexibility index (Phi) is 10.3. The van der Waals surface area contributed by atoms with Gasteiger partial charge in [-0.3, -0.25) is 14.2 Å². The molecule has 2 aliphatic carbocycles. The Labute approximate surface area is 255 Å². The number of hydrogen-bond acceptors (Lipinski definition) is 8. The van der Waals surface area contributed by atoms with Crippen LogP contribution in [0.3, 0.4) is 0 Å². The van der Waals surface area contributed by atoms with E-state index in [4.69, 9.17) is 35.3 Å². The van der Waals surface area contributed by atoms with E-state index in [2.05, 4.69) is 12.2 Å². The molecule has 0 N–H and O–H groups in total. The highest BCUT2D eigenvalue weighted by Gasteiger charge is 2.35. The average molecular weight is 610 g/mol. The third-order valence-electron chi connectivity index (χ3n) is 8.10. The molecule has 0 radical (unpaired) electrons. The minimum atomic E-state index is -0.801. The smallest absolute Gasteiger partial charge is 0.339 e. The topological polar surface area (TPSA) is 102 Å². The normalized spacial score (nSPS) is 18.8. The van der Waals surface area contributed by atoms with E-state index in [1.165, 1.54) is 24.5 Å². The number of aromatic nitrogens is 1. The summed E-state index contributed by atoms with van der Waals surface area (Å²) >= 11 is 5.99. The van der Waals surface area contributed by atoms with Crippen LogP contribution in [0.2, 0.25) is 5.02 Å². The molecule has 2 aromatic carbocycles. The monoisotopic (exact) mass is 609 g/mol. The lowest BCUT2D eigenvalue weighted by Gasteiger charge is -2.17. The molecule has 1 heterocycles. The molecule has 2 aliphatic rings. The Hall–Kier alpha value is -3.50. The second kappa shape index (κ2) is 14.3. The summed E-state index contributed by atoms with van der Waals surface area (Å²) in [4.78, 5) is 38.4. The van der Waals surface area contributed by atoms with Crippen molar-refractivity contribution in [1.82, 2.24) is 4.57 Å². The summed E-state index contributed by atoms with van der Waals surface area (Å²) in [6, 6.07) is 11.8. The van der Waals surface area contributed by atoms with Gasteiger partial charge in [-0.25, -0.2) is 4.79 Å². The largest absolute Gasteiger partial charge is 0.497 e. The number of fused-ring (bicyclic) bond motifs is 3. The highest BCUT2D eigenvalue weighted by atomic mass is 35.5. The number of allylic oxidation sites excluding steroid dienone is 2. The van der Waals surface area contributed by atoms with E-state index < -0.39 is 11.9 Å². The number of rotatable bonds is 14. The number of nitrogens with zero attached hydrogens (tertiary/aromatic N) is 1. The van der Waals surface area contributed by atoms with Crippen LogP contribution < -0.4 is 4.74 Å². The van der Waals surface area contributed by atoms with Gasteiger partial charge in [0.1, 0.15) is 12.4 Å². The fourth-order valence-electron chi connectivity index (χ4n) is 5.95. The van der Waals surface area contributed by atoms with E-state index in [9.17, 15) is 14.4 Å². The minimum Gasteiger partial charge on any atom is -0.497 e. The van der Waals surface area contributed by atoms with Crippen LogP contribution in [-0.4, -0.2) is 69.2 Å². The van der Waals surface area contributed by atoms with Crippen LogP contribution in [0.4, 0.5) is 0 Å². The molecule has 3 unspecified atom stereocenters. The van der Waals surface area contributed by atoms with Crippen molar-refractivity contribution in [1.29, 1.82) is 0 Å². The van der Waals surface area contributed by atoms with Gasteiger partial charge in [-0.05, 0) is 85.5 Å². The second-order valence-electron chi connectivity index (χ2n) is 10.9. The summed E-state index contributed by atoms with van der Waals surface area (Å²) in [5, 5.41) is 1.16. The maximum atomic E-state index is 13.4. The number of halogens is 1. The van der Waals surface area contributed by atoms with E-state index in [0.717, 1.165) is 12.5 Å². The molecule has 1 aromatic heterocycles. The van der Waals surface area contributed by atoms with Gasteiger partial charge < -0.3 is 23.7 Å². The quantitative estimate of drug-likeness (QED) is 0.107. The van der Waals surface area contributed by atoms with Crippen LogP contribution in [-0.2, 0) is 35.0 Å². The molecule has 0 spiro atoms. The molecule has 1 fully saturated rings. The summed E-state index contributed by atoms with van der Waals surface area (Å²) in [5.41, 5.74) is 2.15. The Balaban J connectivity index is 1.07. The average Bonchev–Trinajstić information content (AvgIpc) is 3.70. The number of benzene rings is 2. The van der Waals surface area contributed by atoms with Gasteiger partial charge in [-0.1, -0.05) is 23.8 Å². The standard InChI is InChI=1S/C33H36ClNO8/c1-21-28(29-17-27(39-2)9-10-30(29)35(21)33(38)23-5-7-26(34)8-6-23)18-31(36)43-32(37)20-42-14-12-40-11-13-41-19-25-16-22-3-4-24(25)15-22/h3-10,17,22,24-25H,11-16,18-20H2,1-2H3. The lowest BCUT2D eigenvalue weighted by Crippen LogP contribution is -2.21. The van der Waals surface area contributed by atoms with Gasteiger partial charge >= 0.3 is 11.9 Å². The van der Waals surface area contributed by atoms with Gasteiger partial charge in [0.25, 0.3) is 5.91 Å². The Morgan fingerprint density at radius 2 is 1.65 bits per heavy atom. The van der Waals surface area contributed by atoms with Crippen molar-refractivity contribution >= 4 is 40.3 Å². The third-order valence-corrected chi connectivity index (χ3v) is 8.35. The predicted molar refractivity (Wildman–Crippen MR) is 161 cm³/mol. The summed E-state index contributed by atoms with van der Waals surface area (Å²) in [6.45, 7) is 3.56. The van der Waals surface area contributed by atoms with Crippen molar-refractivity contribution in [2.45, 2.75) is 26.2 Å². The Bertz CT molecular complexity index is 1490. The second-order valence-corrected chi connectivity index (χ2v) is 11.3. The van der Waals surface area contributed by atoms with Crippen molar-refractivity contribution in [2.75, 3.05) is 46.8 Å². The molecule has 3 aromatic rings. The van der Waals surface area contributed by atoms with E-state index in [-0.39, 0.29) is 25.5 Å². The summed E-state index contributed by atoms with van der Waals surface area (Å²) < 4.78 is 28.5. The molecule has 0 aliphatic heterocycles. The van der Waals surface area contributed by atoms with Crippen molar-refractivity contribution < 1.29 is 38.1 Å². The number of methoxy groups -OCH3 is 1. The molecule has 0 saturated heterocycles. The highest BCUT2D eigenvalue weighted by Crippen LogP contribution is 2.43. The zero-order chi connectivity index (χ0) is 30.3. The van der Waals surface area contributed by atoms with Crippen LogP contribution in [0.15, 0.2) is 54.6 Å². The Morgan fingerprint density at radius 3 is 2.35 bits per heavy atom. The fraction of sp³-hybridized carbons (Fsp3) is 0.424. The first-order chi connectivity index (χ1) is 20.8. The molecule has 5 rings (SSSR count). The molecular weight excluding hydrogens is 574 g/mol. The van der Waals surface area contributed by atoms with Gasteiger partial charge in [-0.15, -0.1) is 0 Å². The molecule has 43 heavy (non-hydrogen) atoms. The van der Waals surface area contributed by atoms with E-state index in [1.54, 1.807) is 49.4 Å². The summed E-state index contributed by atoms with van der Waals surface area (Å²) in [7, 11) is 1.54. The van der Waals surface area contributed by atoms with Gasteiger partial charge in [0.05, 0.1) is 52.1 Å². The van der Waals surface area contributed by atoms with Crippen LogP contribution in [0.5, 0.6) is 5.75 Å². The first-order valence-electron chi connectivity index (χ1n) is 14.5. The maximum Gasteiger partial charge on any atom is 0.339 e. The fourth-order valence-corrected chi connectivity index (χ4v) is 6.07. The minimum absolute atomic E-state index is 0.180. The van der Waals surface area contributed by atoms with Gasteiger partial charge in [0.15, 0.2) is 0 Å². The number of hydrogen-bond donors (Lipinski definition) is 0. The number of esters is 2. The maximum absolute atomic E-state index is 13.4. The molecule has 3 atom stereocenters.